The number of unbranched alkanes of at least 4 members (excludes halogenated alkanes) is 1. The zero-order valence-electron chi connectivity index (χ0n) is 15.6. The molecule has 0 bridgehead atoms. The van der Waals surface area contributed by atoms with Crippen LogP contribution in [-0.2, 0) is 18.6 Å². The molecular formula is C20H28FN3O2. The molecule has 0 aliphatic heterocycles. The molecule has 1 fully saturated rings. The summed E-state index contributed by atoms with van der Waals surface area (Å²) in [7, 11) is 0. The molecule has 26 heavy (non-hydrogen) atoms. The number of aliphatic hydroxyl groups is 1. The van der Waals surface area contributed by atoms with Crippen molar-refractivity contribution in [3.05, 3.63) is 41.5 Å². The molecule has 1 heterocycles. The number of hydrogen-bond acceptors (Lipinski definition) is 4. The summed E-state index contributed by atoms with van der Waals surface area (Å²) in [5.41, 5.74) is 0.496. The summed E-state index contributed by atoms with van der Waals surface area (Å²) < 4.78 is 21.5. The lowest BCUT2D eigenvalue weighted by Gasteiger charge is -2.28. The molecular weight excluding hydrogens is 333 g/mol. The van der Waals surface area contributed by atoms with Crippen LogP contribution in [0.3, 0.4) is 0 Å². The van der Waals surface area contributed by atoms with Crippen LogP contribution in [-0.4, -0.2) is 26.7 Å². The molecule has 0 amide bonds. The summed E-state index contributed by atoms with van der Waals surface area (Å²) in [6.45, 7) is 4.88. The van der Waals surface area contributed by atoms with Gasteiger partial charge in [-0.15, -0.1) is 5.10 Å². The predicted octanol–water partition coefficient (Wildman–Crippen LogP) is 3.85. The van der Waals surface area contributed by atoms with E-state index in [1.165, 1.54) is 6.07 Å². The summed E-state index contributed by atoms with van der Waals surface area (Å²) in [4.78, 5) is 0. The molecule has 142 valence electrons. The topological polar surface area (TPSA) is 60.2 Å². The second kappa shape index (κ2) is 8.16. The van der Waals surface area contributed by atoms with E-state index in [0.29, 0.717) is 24.5 Å². The maximum atomic E-state index is 14.1. The van der Waals surface area contributed by atoms with E-state index in [9.17, 15) is 9.50 Å². The molecule has 1 aromatic carbocycles. The molecule has 6 heteroatoms. The van der Waals surface area contributed by atoms with Gasteiger partial charge in [0.15, 0.2) is 11.6 Å². The Kier molecular flexibility index (Phi) is 5.91. The lowest BCUT2D eigenvalue weighted by molar-refractivity contribution is 0.00941. The van der Waals surface area contributed by atoms with Gasteiger partial charge < -0.3 is 9.84 Å². The molecule has 1 aliphatic rings. The molecule has 1 aromatic heterocycles. The molecule has 1 atom stereocenters. The van der Waals surface area contributed by atoms with E-state index in [-0.39, 0.29) is 12.3 Å². The van der Waals surface area contributed by atoms with Crippen molar-refractivity contribution in [2.24, 2.45) is 5.92 Å². The Bertz CT molecular complexity index is 730. The molecule has 0 saturated heterocycles. The molecule has 2 aromatic rings. The maximum Gasteiger partial charge on any atom is 0.165 e. The number of aryl methyl sites for hydroxylation is 1. The van der Waals surface area contributed by atoms with Crippen LogP contribution in [0.15, 0.2) is 24.4 Å². The standard InChI is InChI=1S/C20H28FN3O2/c1-3-5-6-17-12-22-23-24(17)14-20(25,4-2)16-9-10-18(21)19(11-16)26-13-15-7-8-15/h9-12,15,25H,3-8,13-14H2,1-2H3/t20-/m1/s1. The average Bonchev–Trinajstić information content (AvgIpc) is 3.38. The smallest absolute Gasteiger partial charge is 0.165 e. The predicted molar refractivity (Wildman–Crippen MR) is 97.4 cm³/mol. The fourth-order valence-electron chi connectivity index (χ4n) is 3.01. The highest BCUT2D eigenvalue weighted by molar-refractivity contribution is 5.34. The Morgan fingerprint density at radius 3 is 2.85 bits per heavy atom. The number of nitrogens with zero attached hydrogens (tertiary/aromatic N) is 3. The van der Waals surface area contributed by atoms with Crippen LogP contribution in [0, 0.1) is 11.7 Å². The Morgan fingerprint density at radius 2 is 2.15 bits per heavy atom. The van der Waals surface area contributed by atoms with E-state index in [0.717, 1.165) is 37.8 Å². The van der Waals surface area contributed by atoms with Crippen LogP contribution >= 0.6 is 0 Å². The minimum atomic E-state index is -1.15. The van der Waals surface area contributed by atoms with Gasteiger partial charge in [0.05, 0.1) is 25.0 Å². The van der Waals surface area contributed by atoms with Crippen LogP contribution in [0.25, 0.3) is 0 Å². The van der Waals surface area contributed by atoms with E-state index < -0.39 is 11.4 Å². The van der Waals surface area contributed by atoms with Gasteiger partial charge in [-0.2, -0.15) is 0 Å². The van der Waals surface area contributed by atoms with Crippen LogP contribution in [0.5, 0.6) is 5.75 Å². The van der Waals surface area contributed by atoms with Crippen molar-refractivity contribution in [1.82, 2.24) is 15.0 Å². The van der Waals surface area contributed by atoms with Crippen molar-refractivity contribution < 1.29 is 14.2 Å². The van der Waals surface area contributed by atoms with Crippen molar-refractivity contribution in [2.75, 3.05) is 6.61 Å². The minimum absolute atomic E-state index is 0.214. The Hall–Kier alpha value is -1.95. The number of rotatable bonds is 10. The zero-order valence-corrected chi connectivity index (χ0v) is 15.6. The third-order valence-corrected chi connectivity index (χ3v) is 5.12. The van der Waals surface area contributed by atoms with Crippen molar-refractivity contribution in [2.45, 2.75) is 64.5 Å². The quantitative estimate of drug-likeness (QED) is 0.698. The first-order chi connectivity index (χ1) is 12.6. The van der Waals surface area contributed by atoms with Gasteiger partial charge in [0.2, 0.25) is 0 Å². The SMILES string of the molecule is CCCCc1cnnn1C[C@](O)(CC)c1ccc(F)c(OCC2CC2)c1. The van der Waals surface area contributed by atoms with Crippen LogP contribution in [0.4, 0.5) is 4.39 Å². The van der Waals surface area contributed by atoms with Crippen molar-refractivity contribution in [3.63, 3.8) is 0 Å². The number of ether oxygens (including phenoxy) is 1. The first-order valence-electron chi connectivity index (χ1n) is 9.58. The highest BCUT2D eigenvalue weighted by Crippen LogP contribution is 2.33. The minimum Gasteiger partial charge on any atom is -0.490 e. The summed E-state index contributed by atoms with van der Waals surface area (Å²) in [5, 5.41) is 19.4. The normalized spacial score (nSPS) is 16.5. The Balaban J connectivity index is 1.79. The Morgan fingerprint density at radius 1 is 1.35 bits per heavy atom. The fraction of sp³-hybridized carbons (Fsp3) is 0.600. The summed E-state index contributed by atoms with van der Waals surface area (Å²) >= 11 is 0. The molecule has 0 spiro atoms. The van der Waals surface area contributed by atoms with E-state index in [1.54, 1.807) is 23.0 Å². The van der Waals surface area contributed by atoms with Crippen molar-refractivity contribution in [3.8, 4) is 5.75 Å². The van der Waals surface area contributed by atoms with E-state index in [1.807, 2.05) is 6.92 Å². The van der Waals surface area contributed by atoms with E-state index >= 15 is 0 Å². The maximum absolute atomic E-state index is 14.1. The number of benzene rings is 1. The molecule has 1 aliphatic carbocycles. The van der Waals surface area contributed by atoms with Gasteiger partial charge in [0.1, 0.15) is 5.60 Å². The van der Waals surface area contributed by atoms with Crippen molar-refractivity contribution >= 4 is 0 Å². The third kappa shape index (κ3) is 4.41. The molecule has 3 rings (SSSR count). The highest BCUT2D eigenvalue weighted by atomic mass is 19.1. The number of hydrogen-bond donors (Lipinski definition) is 1. The summed E-state index contributed by atoms with van der Waals surface area (Å²) in [5.74, 6) is 0.364. The second-order valence-electron chi connectivity index (χ2n) is 7.27. The molecule has 5 nitrogen and oxygen atoms in total. The summed E-state index contributed by atoms with van der Waals surface area (Å²) in [6, 6.07) is 4.63. The first-order valence-corrected chi connectivity index (χ1v) is 9.58. The van der Waals surface area contributed by atoms with Gasteiger partial charge in [-0.1, -0.05) is 31.5 Å². The summed E-state index contributed by atoms with van der Waals surface area (Å²) in [6.07, 6.45) is 7.54. The van der Waals surface area contributed by atoms with Gasteiger partial charge >= 0.3 is 0 Å². The average molecular weight is 361 g/mol. The van der Waals surface area contributed by atoms with Crippen LogP contribution in [0.2, 0.25) is 0 Å². The lowest BCUT2D eigenvalue weighted by Crippen LogP contribution is -2.32. The second-order valence-corrected chi connectivity index (χ2v) is 7.27. The van der Waals surface area contributed by atoms with Gasteiger partial charge in [-0.05, 0) is 55.7 Å². The third-order valence-electron chi connectivity index (χ3n) is 5.12. The molecule has 0 unspecified atom stereocenters. The number of halogens is 1. The van der Waals surface area contributed by atoms with Crippen LogP contribution in [0.1, 0.15) is 57.2 Å². The Labute approximate surface area is 154 Å². The van der Waals surface area contributed by atoms with E-state index in [4.69, 9.17) is 4.74 Å². The largest absolute Gasteiger partial charge is 0.490 e. The van der Waals surface area contributed by atoms with Gasteiger partial charge in [-0.3, -0.25) is 0 Å². The van der Waals surface area contributed by atoms with Gasteiger partial charge in [0.25, 0.3) is 0 Å². The van der Waals surface area contributed by atoms with Crippen molar-refractivity contribution in [1.29, 1.82) is 0 Å². The first kappa shape index (κ1) is 18.8. The van der Waals surface area contributed by atoms with E-state index in [2.05, 4.69) is 17.2 Å². The molecule has 1 N–H and O–H groups in total. The van der Waals surface area contributed by atoms with Gasteiger partial charge in [-0.25, -0.2) is 9.07 Å². The monoisotopic (exact) mass is 361 g/mol. The van der Waals surface area contributed by atoms with Crippen LogP contribution < -0.4 is 4.74 Å². The van der Waals surface area contributed by atoms with Gasteiger partial charge in [0, 0.05) is 0 Å². The highest BCUT2D eigenvalue weighted by Gasteiger charge is 2.30. The zero-order chi connectivity index (χ0) is 18.6. The lowest BCUT2D eigenvalue weighted by atomic mass is 9.90. The fourth-order valence-corrected chi connectivity index (χ4v) is 3.01. The molecule has 0 radical (unpaired) electrons. The molecule has 1 saturated carbocycles. The number of aromatic nitrogens is 3.